The lowest BCUT2D eigenvalue weighted by Gasteiger charge is -2.15. The monoisotopic (exact) mass is 319 g/mol. The maximum Gasteiger partial charge on any atom is 0.287 e. The summed E-state index contributed by atoms with van der Waals surface area (Å²) in [7, 11) is 0. The van der Waals surface area contributed by atoms with Crippen LogP contribution < -0.4 is 10.9 Å². The Bertz CT molecular complexity index is 529. The van der Waals surface area contributed by atoms with E-state index in [0.29, 0.717) is 5.92 Å². The van der Waals surface area contributed by atoms with Crippen molar-refractivity contribution in [2.45, 2.75) is 46.2 Å². The molecule has 1 rings (SSSR count). The summed E-state index contributed by atoms with van der Waals surface area (Å²) in [5.74, 6) is 0.322. The van der Waals surface area contributed by atoms with Gasteiger partial charge in [0.25, 0.3) is 5.56 Å². The fraction of sp³-hybridized carbons (Fsp3) is 0.615. The smallest absolute Gasteiger partial charge is 0.287 e. The van der Waals surface area contributed by atoms with Crippen molar-refractivity contribution in [2.75, 3.05) is 0 Å². The van der Waals surface area contributed by atoms with E-state index < -0.39 is 5.56 Å². The molecule has 0 aliphatic rings. The fourth-order valence-corrected chi connectivity index (χ4v) is 1.94. The summed E-state index contributed by atoms with van der Waals surface area (Å²) in [6.07, 6.45) is 3.18. The highest BCUT2D eigenvalue weighted by atomic mass is 35.5. The Morgan fingerprint density at radius 1 is 1.35 bits per heavy atom. The molecule has 0 saturated heterocycles. The van der Waals surface area contributed by atoms with Crippen molar-refractivity contribution in [1.82, 2.24) is 15.1 Å². The Kier molecular flexibility index (Phi) is 6.49. The van der Waals surface area contributed by atoms with Gasteiger partial charge in [0.2, 0.25) is 5.91 Å². The van der Waals surface area contributed by atoms with Gasteiger partial charge in [0.15, 0.2) is 0 Å². The third-order valence-corrected chi connectivity index (χ3v) is 3.57. The van der Waals surface area contributed by atoms with Crippen LogP contribution in [0, 0.1) is 5.92 Å². The molecule has 0 aromatic carbocycles. The topological polar surface area (TPSA) is 64.0 Å². The van der Waals surface area contributed by atoms with E-state index >= 15 is 0 Å². The molecular weight excluding hydrogens is 301 g/mol. The van der Waals surface area contributed by atoms with Crippen molar-refractivity contribution in [3.8, 4) is 0 Å². The number of carbonyl (C=O) groups excluding carboxylic acids is 1. The predicted molar refractivity (Wildman–Crippen MR) is 80.2 cm³/mol. The van der Waals surface area contributed by atoms with Gasteiger partial charge in [0, 0.05) is 6.04 Å². The Morgan fingerprint density at radius 2 is 2.00 bits per heavy atom. The largest absolute Gasteiger partial charge is 0.352 e. The first-order valence-corrected chi connectivity index (χ1v) is 7.27. The minimum absolute atomic E-state index is 0.0587. The van der Waals surface area contributed by atoms with Crippen LogP contribution in [0.4, 0.5) is 0 Å². The first-order valence-electron chi connectivity index (χ1n) is 6.51. The zero-order valence-corrected chi connectivity index (χ0v) is 13.3. The van der Waals surface area contributed by atoms with Crippen LogP contribution in [0.2, 0.25) is 10.0 Å². The van der Waals surface area contributed by atoms with Crippen LogP contribution in [-0.2, 0) is 11.3 Å². The summed E-state index contributed by atoms with van der Waals surface area (Å²) in [6.45, 7) is 6.04. The van der Waals surface area contributed by atoms with Crippen molar-refractivity contribution < 1.29 is 4.79 Å². The molecule has 1 aromatic heterocycles. The molecule has 1 amide bonds. The Labute approximate surface area is 128 Å². The second-order valence-corrected chi connectivity index (χ2v) is 5.99. The van der Waals surface area contributed by atoms with Gasteiger partial charge in [-0.15, -0.1) is 0 Å². The first kappa shape index (κ1) is 17.0. The summed E-state index contributed by atoms with van der Waals surface area (Å²) < 4.78 is 0.999. The van der Waals surface area contributed by atoms with Gasteiger partial charge in [-0.3, -0.25) is 9.59 Å². The predicted octanol–water partition coefficient (Wildman–Crippen LogP) is 2.49. The molecule has 1 aromatic rings. The van der Waals surface area contributed by atoms with Gasteiger partial charge in [-0.1, -0.05) is 37.0 Å². The van der Waals surface area contributed by atoms with Gasteiger partial charge in [-0.05, 0) is 25.7 Å². The number of carbonyl (C=O) groups is 1. The molecule has 0 saturated carbocycles. The van der Waals surface area contributed by atoms with Crippen LogP contribution >= 0.6 is 23.2 Å². The third-order valence-electron chi connectivity index (χ3n) is 2.82. The Morgan fingerprint density at radius 3 is 2.60 bits per heavy atom. The summed E-state index contributed by atoms with van der Waals surface area (Å²) >= 11 is 11.4. The number of halogens is 2. The van der Waals surface area contributed by atoms with E-state index in [-0.39, 0.29) is 28.5 Å². The summed E-state index contributed by atoms with van der Waals surface area (Å²) in [5.41, 5.74) is -0.566. The van der Waals surface area contributed by atoms with Crippen LogP contribution in [0.15, 0.2) is 11.0 Å². The number of nitrogens with zero attached hydrogens (tertiary/aromatic N) is 2. The fourth-order valence-electron chi connectivity index (χ4n) is 1.67. The summed E-state index contributed by atoms with van der Waals surface area (Å²) in [6, 6.07) is 0.0587. The maximum absolute atomic E-state index is 11.8. The molecule has 0 aliphatic carbocycles. The average Bonchev–Trinajstić information content (AvgIpc) is 2.37. The van der Waals surface area contributed by atoms with Crippen molar-refractivity contribution in [1.29, 1.82) is 0 Å². The van der Waals surface area contributed by atoms with Gasteiger partial charge >= 0.3 is 0 Å². The molecule has 1 N–H and O–H groups in total. The van der Waals surface area contributed by atoms with Crippen molar-refractivity contribution in [2.24, 2.45) is 5.92 Å². The van der Waals surface area contributed by atoms with E-state index in [4.69, 9.17) is 23.2 Å². The lowest BCUT2D eigenvalue weighted by Crippen LogP contribution is -2.38. The quantitative estimate of drug-likeness (QED) is 0.876. The number of amides is 1. The highest BCUT2D eigenvalue weighted by Crippen LogP contribution is 2.14. The zero-order chi connectivity index (χ0) is 15.3. The summed E-state index contributed by atoms with van der Waals surface area (Å²) in [4.78, 5) is 23.6. The number of hydrogen-bond donors (Lipinski definition) is 1. The van der Waals surface area contributed by atoms with E-state index in [2.05, 4.69) is 24.3 Å². The number of nitrogens with one attached hydrogen (secondary N) is 1. The normalized spacial score (nSPS) is 12.5. The van der Waals surface area contributed by atoms with Gasteiger partial charge in [-0.2, -0.15) is 5.10 Å². The number of aromatic nitrogens is 2. The van der Waals surface area contributed by atoms with Crippen LogP contribution in [-0.4, -0.2) is 21.7 Å². The molecule has 5 nitrogen and oxygen atoms in total. The maximum atomic E-state index is 11.8. The minimum atomic E-state index is -0.566. The van der Waals surface area contributed by atoms with Gasteiger partial charge in [-0.25, -0.2) is 4.68 Å². The van der Waals surface area contributed by atoms with E-state index in [1.165, 1.54) is 6.20 Å². The standard InChI is InChI=1S/C13H19Cl2N3O2/c1-8(2)4-5-9(3)17-11(19)7-18-13(20)12(15)10(14)6-16-18/h6,8-9H,4-5,7H2,1-3H3,(H,17,19). The van der Waals surface area contributed by atoms with Crippen LogP contribution in [0.5, 0.6) is 0 Å². The van der Waals surface area contributed by atoms with Crippen molar-refractivity contribution in [3.05, 3.63) is 26.6 Å². The molecule has 1 unspecified atom stereocenters. The summed E-state index contributed by atoms with van der Waals surface area (Å²) in [5, 5.41) is 6.58. The third kappa shape index (κ3) is 5.13. The molecule has 0 fully saturated rings. The second kappa shape index (κ2) is 7.64. The van der Waals surface area contributed by atoms with Gasteiger partial charge < -0.3 is 5.32 Å². The SMILES string of the molecule is CC(C)CCC(C)NC(=O)Cn1ncc(Cl)c(Cl)c1=O. The second-order valence-electron chi connectivity index (χ2n) is 5.21. The molecule has 7 heteroatoms. The highest BCUT2D eigenvalue weighted by molar-refractivity contribution is 6.41. The Hall–Kier alpha value is -1.07. The van der Waals surface area contributed by atoms with Crippen LogP contribution in [0.25, 0.3) is 0 Å². The average molecular weight is 320 g/mol. The molecular formula is C13H19Cl2N3O2. The molecule has 0 bridgehead atoms. The molecule has 0 aliphatic heterocycles. The number of hydrogen-bond acceptors (Lipinski definition) is 3. The lowest BCUT2D eigenvalue weighted by atomic mass is 10.0. The van der Waals surface area contributed by atoms with Crippen LogP contribution in [0.1, 0.15) is 33.6 Å². The number of rotatable bonds is 6. The lowest BCUT2D eigenvalue weighted by molar-refractivity contribution is -0.122. The van der Waals surface area contributed by atoms with Gasteiger partial charge in [0.1, 0.15) is 11.6 Å². The first-order chi connectivity index (χ1) is 9.31. The van der Waals surface area contributed by atoms with E-state index in [1.807, 2.05) is 6.92 Å². The molecule has 1 atom stereocenters. The molecule has 20 heavy (non-hydrogen) atoms. The molecule has 0 radical (unpaired) electrons. The van der Waals surface area contributed by atoms with Crippen molar-refractivity contribution in [3.63, 3.8) is 0 Å². The Balaban J connectivity index is 2.59. The minimum Gasteiger partial charge on any atom is -0.352 e. The zero-order valence-electron chi connectivity index (χ0n) is 11.8. The molecule has 0 spiro atoms. The van der Waals surface area contributed by atoms with Gasteiger partial charge in [0.05, 0.1) is 11.2 Å². The molecule has 112 valence electrons. The highest BCUT2D eigenvalue weighted by Gasteiger charge is 2.12. The van der Waals surface area contributed by atoms with E-state index in [1.54, 1.807) is 0 Å². The van der Waals surface area contributed by atoms with Crippen LogP contribution in [0.3, 0.4) is 0 Å². The van der Waals surface area contributed by atoms with E-state index in [0.717, 1.165) is 17.5 Å². The molecule has 1 heterocycles. The van der Waals surface area contributed by atoms with Crippen molar-refractivity contribution >= 4 is 29.1 Å². The van der Waals surface area contributed by atoms with E-state index in [9.17, 15) is 9.59 Å².